The zero-order valence-electron chi connectivity index (χ0n) is 15.1. The molecular weight excluding hydrogens is 322 g/mol. The van der Waals surface area contributed by atoms with Gasteiger partial charge in [0.15, 0.2) is 5.82 Å². The van der Waals surface area contributed by atoms with Crippen LogP contribution in [-0.4, -0.2) is 26.8 Å². The summed E-state index contributed by atoms with van der Waals surface area (Å²) in [7, 11) is 1.94. The molecule has 0 amide bonds. The molecule has 0 aliphatic rings. The summed E-state index contributed by atoms with van der Waals surface area (Å²) in [5.74, 6) is 0.822. The first-order valence-corrected chi connectivity index (χ1v) is 8.72. The van der Waals surface area contributed by atoms with Crippen LogP contribution in [0.3, 0.4) is 0 Å². The Balaban J connectivity index is 1.82. The summed E-state index contributed by atoms with van der Waals surface area (Å²) >= 11 is 0. The molecule has 5 heteroatoms. The number of aromatic nitrogens is 4. The van der Waals surface area contributed by atoms with Gasteiger partial charge in [0.1, 0.15) is 0 Å². The average molecular weight is 343 g/mol. The van der Waals surface area contributed by atoms with E-state index < -0.39 is 0 Å². The molecule has 1 aromatic carbocycles. The zero-order chi connectivity index (χ0) is 18.1. The number of hydrogen-bond acceptors (Lipinski definition) is 4. The van der Waals surface area contributed by atoms with E-state index in [1.807, 2.05) is 55.2 Å². The lowest BCUT2D eigenvalue weighted by atomic mass is 10.1. The molecule has 0 bridgehead atoms. The molecule has 0 fully saturated rings. The molecule has 26 heavy (non-hydrogen) atoms. The molecule has 4 rings (SSSR count). The van der Waals surface area contributed by atoms with Crippen LogP contribution in [-0.2, 0) is 0 Å². The van der Waals surface area contributed by atoms with Crippen molar-refractivity contribution in [1.82, 2.24) is 25.1 Å². The number of rotatable bonds is 4. The molecular formula is C21H21N5. The minimum absolute atomic E-state index is 0.209. The van der Waals surface area contributed by atoms with Gasteiger partial charge in [-0.25, -0.2) is 9.67 Å². The summed E-state index contributed by atoms with van der Waals surface area (Å²) in [5.41, 5.74) is 5.04. The minimum atomic E-state index is 0.209. The van der Waals surface area contributed by atoms with Gasteiger partial charge in [-0.3, -0.25) is 4.98 Å². The maximum Gasteiger partial charge on any atom is 0.154 e. The molecule has 0 spiro atoms. The van der Waals surface area contributed by atoms with E-state index in [0.717, 1.165) is 39.4 Å². The van der Waals surface area contributed by atoms with Crippen molar-refractivity contribution < 1.29 is 0 Å². The van der Waals surface area contributed by atoms with Crippen molar-refractivity contribution in [3.05, 3.63) is 72.2 Å². The number of hydrogen-bond donors (Lipinski definition) is 1. The van der Waals surface area contributed by atoms with Crippen LogP contribution in [0.1, 0.15) is 24.4 Å². The lowest BCUT2D eigenvalue weighted by Crippen LogP contribution is -2.13. The van der Waals surface area contributed by atoms with Crippen molar-refractivity contribution in [2.24, 2.45) is 0 Å². The number of benzene rings is 1. The Hall–Kier alpha value is -3.05. The van der Waals surface area contributed by atoms with Crippen LogP contribution >= 0.6 is 0 Å². The van der Waals surface area contributed by atoms with E-state index in [0.29, 0.717) is 0 Å². The number of fused-ring (bicyclic) bond motifs is 1. The van der Waals surface area contributed by atoms with Crippen LogP contribution in [0.5, 0.6) is 0 Å². The minimum Gasteiger partial charge on any atom is -0.312 e. The fraction of sp³-hybridized carbons (Fsp3) is 0.190. The highest BCUT2D eigenvalue weighted by atomic mass is 15.3. The van der Waals surface area contributed by atoms with Crippen molar-refractivity contribution in [2.75, 3.05) is 7.05 Å². The predicted molar refractivity (Wildman–Crippen MR) is 104 cm³/mol. The molecule has 3 aromatic heterocycles. The summed E-state index contributed by atoms with van der Waals surface area (Å²) in [6.45, 7) is 4.09. The third-order valence-electron chi connectivity index (χ3n) is 4.60. The summed E-state index contributed by atoms with van der Waals surface area (Å²) in [6.07, 6.45) is 1.87. The second-order valence-electron chi connectivity index (χ2n) is 6.43. The van der Waals surface area contributed by atoms with E-state index in [9.17, 15) is 0 Å². The lowest BCUT2D eigenvalue weighted by molar-refractivity contribution is 0.634. The Morgan fingerprint density at radius 3 is 2.65 bits per heavy atom. The van der Waals surface area contributed by atoms with Crippen molar-refractivity contribution in [2.45, 2.75) is 19.9 Å². The first-order chi connectivity index (χ1) is 12.7. The number of pyridine rings is 2. The molecule has 1 atom stereocenters. The van der Waals surface area contributed by atoms with Gasteiger partial charge < -0.3 is 5.32 Å². The molecule has 0 aliphatic heterocycles. The van der Waals surface area contributed by atoms with E-state index in [2.05, 4.69) is 46.6 Å². The predicted octanol–water partition coefficient (Wildman–Crippen LogP) is 4.07. The highest BCUT2D eigenvalue weighted by Crippen LogP contribution is 2.25. The summed E-state index contributed by atoms with van der Waals surface area (Å²) in [4.78, 5) is 9.41. The topological polar surface area (TPSA) is 55.6 Å². The number of nitrogens with one attached hydrogen (secondary N) is 1. The van der Waals surface area contributed by atoms with E-state index in [4.69, 9.17) is 4.98 Å². The Kier molecular flexibility index (Phi) is 4.22. The lowest BCUT2D eigenvalue weighted by Gasteiger charge is -2.11. The normalized spacial score (nSPS) is 12.4. The van der Waals surface area contributed by atoms with Gasteiger partial charge in [-0.15, -0.1) is 0 Å². The molecule has 0 saturated heterocycles. The Bertz CT molecular complexity index is 1070. The van der Waals surface area contributed by atoms with Gasteiger partial charge in [0.05, 0.1) is 23.1 Å². The van der Waals surface area contributed by atoms with Crippen LogP contribution in [0.25, 0.3) is 28.0 Å². The van der Waals surface area contributed by atoms with Gasteiger partial charge >= 0.3 is 0 Å². The zero-order valence-corrected chi connectivity index (χ0v) is 15.1. The van der Waals surface area contributed by atoms with Crippen molar-refractivity contribution in [3.8, 4) is 17.1 Å². The Morgan fingerprint density at radius 2 is 1.85 bits per heavy atom. The van der Waals surface area contributed by atoms with Gasteiger partial charge in [-0.1, -0.05) is 24.3 Å². The first kappa shape index (κ1) is 16.4. The summed E-state index contributed by atoms with van der Waals surface area (Å²) < 4.78 is 1.88. The van der Waals surface area contributed by atoms with Crippen LogP contribution < -0.4 is 5.32 Å². The molecule has 5 nitrogen and oxygen atoms in total. The highest BCUT2D eigenvalue weighted by molar-refractivity contribution is 5.84. The second-order valence-corrected chi connectivity index (χ2v) is 6.43. The van der Waals surface area contributed by atoms with Crippen LogP contribution in [0.4, 0.5) is 0 Å². The van der Waals surface area contributed by atoms with Crippen LogP contribution in [0.15, 0.2) is 60.8 Å². The van der Waals surface area contributed by atoms with E-state index in [1.165, 1.54) is 0 Å². The van der Waals surface area contributed by atoms with Crippen LogP contribution in [0.2, 0.25) is 0 Å². The van der Waals surface area contributed by atoms with Gasteiger partial charge in [-0.05, 0) is 51.2 Å². The van der Waals surface area contributed by atoms with Crippen molar-refractivity contribution in [3.63, 3.8) is 0 Å². The van der Waals surface area contributed by atoms with Crippen LogP contribution in [0, 0.1) is 6.92 Å². The molecule has 3 heterocycles. The van der Waals surface area contributed by atoms with E-state index in [1.54, 1.807) is 0 Å². The third kappa shape index (κ3) is 2.97. The van der Waals surface area contributed by atoms with Gasteiger partial charge in [0, 0.05) is 22.7 Å². The van der Waals surface area contributed by atoms with Crippen molar-refractivity contribution in [1.29, 1.82) is 0 Å². The smallest absolute Gasteiger partial charge is 0.154 e. The molecule has 0 unspecified atom stereocenters. The summed E-state index contributed by atoms with van der Waals surface area (Å²) in [6, 6.07) is 18.6. The summed E-state index contributed by atoms with van der Waals surface area (Å²) in [5, 5.41) is 8.84. The van der Waals surface area contributed by atoms with Gasteiger partial charge in [0.2, 0.25) is 0 Å². The second kappa shape index (κ2) is 6.69. The maximum atomic E-state index is 4.81. The number of aryl methyl sites for hydroxylation is 1. The molecule has 4 aromatic rings. The Morgan fingerprint density at radius 1 is 1.00 bits per heavy atom. The first-order valence-electron chi connectivity index (χ1n) is 8.72. The highest BCUT2D eigenvalue weighted by Gasteiger charge is 2.10. The maximum absolute atomic E-state index is 4.81. The molecule has 0 radical (unpaired) electrons. The average Bonchev–Trinajstić information content (AvgIpc) is 3.10. The Labute approximate surface area is 152 Å². The fourth-order valence-corrected chi connectivity index (χ4v) is 3.01. The van der Waals surface area contributed by atoms with Crippen molar-refractivity contribution >= 4 is 10.9 Å². The van der Waals surface area contributed by atoms with Gasteiger partial charge in [-0.2, -0.15) is 5.10 Å². The largest absolute Gasteiger partial charge is 0.312 e. The van der Waals surface area contributed by atoms with E-state index in [-0.39, 0.29) is 6.04 Å². The molecule has 0 aliphatic carbocycles. The van der Waals surface area contributed by atoms with E-state index >= 15 is 0 Å². The molecule has 0 saturated carbocycles. The fourth-order valence-electron chi connectivity index (χ4n) is 3.01. The third-order valence-corrected chi connectivity index (χ3v) is 4.60. The number of nitrogens with zero attached hydrogens (tertiary/aromatic N) is 4. The molecule has 1 N–H and O–H groups in total. The monoisotopic (exact) mass is 343 g/mol. The van der Waals surface area contributed by atoms with Gasteiger partial charge in [0.25, 0.3) is 0 Å². The SMILES string of the molecule is CN[C@H](C)c1cccc(-c2ccc3cnn(-c4cccc(C)n4)c3c2)n1. The standard InChI is InChI=1S/C21H21N5/c1-14-6-4-9-21(24-14)26-20-12-16(10-11-17(20)13-23-26)19-8-5-7-18(25-19)15(2)22-3/h4-13,15,22H,1-3H3/t15-/m1/s1. The molecule has 130 valence electrons. The quantitative estimate of drug-likeness (QED) is 0.607.